The molecule has 0 saturated heterocycles. The van der Waals surface area contributed by atoms with E-state index in [2.05, 4.69) is 11.1 Å². The van der Waals surface area contributed by atoms with Gasteiger partial charge in [-0.2, -0.15) is 0 Å². The Morgan fingerprint density at radius 2 is 2.00 bits per heavy atom. The summed E-state index contributed by atoms with van der Waals surface area (Å²) in [5.41, 5.74) is 3.21. The summed E-state index contributed by atoms with van der Waals surface area (Å²) in [6.45, 7) is 0. The normalized spacial score (nSPS) is 15.7. The number of allylic oxidation sites excluding steroid dienone is 1. The van der Waals surface area contributed by atoms with Crippen LogP contribution in [0.5, 0.6) is 5.88 Å². The summed E-state index contributed by atoms with van der Waals surface area (Å²) in [7, 11) is 0. The highest BCUT2D eigenvalue weighted by Gasteiger charge is 2.12. The molecule has 0 radical (unpaired) electrons. The van der Waals surface area contributed by atoms with E-state index in [1.807, 2.05) is 18.2 Å². The summed E-state index contributed by atoms with van der Waals surface area (Å²) in [5, 5.41) is 11.7. The van der Waals surface area contributed by atoms with Crippen LogP contribution in [-0.4, -0.2) is 10.1 Å². The first-order valence-electron chi connectivity index (χ1n) is 5.94. The second kappa shape index (κ2) is 4.11. The largest absolute Gasteiger partial charge is 0.494 e. The molecule has 2 aromatic rings. The standard InChI is InChI=1S/C14H14ClNO/c15-10-5-6-11-12(7-9-3-1-2-4-9)14(17)16-13(11)8-10/h5-8,16-17H,1-4H2. The lowest BCUT2D eigenvalue weighted by molar-refractivity contribution is 0.457. The third kappa shape index (κ3) is 1.93. The van der Waals surface area contributed by atoms with Crippen LogP contribution in [0.4, 0.5) is 0 Å². The van der Waals surface area contributed by atoms with Crippen LogP contribution in [0.15, 0.2) is 23.8 Å². The van der Waals surface area contributed by atoms with Gasteiger partial charge in [-0.05, 0) is 43.9 Å². The molecule has 0 bridgehead atoms. The van der Waals surface area contributed by atoms with Gasteiger partial charge in [-0.15, -0.1) is 0 Å². The Morgan fingerprint density at radius 3 is 2.76 bits per heavy atom. The maximum Gasteiger partial charge on any atom is 0.196 e. The number of fused-ring (bicyclic) bond motifs is 1. The molecule has 17 heavy (non-hydrogen) atoms. The van der Waals surface area contributed by atoms with Gasteiger partial charge in [0.25, 0.3) is 0 Å². The smallest absolute Gasteiger partial charge is 0.196 e. The van der Waals surface area contributed by atoms with E-state index in [1.165, 1.54) is 18.4 Å². The topological polar surface area (TPSA) is 36.0 Å². The summed E-state index contributed by atoms with van der Waals surface area (Å²) in [6, 6.07) is 5.65. The number of hydrogen-bond donors (Lipinski definition) is 2. The molecule has 88 valence electrons. The van der Waals surface area contributed by atoms with Crippen LogP contribution in [0.2, 0.25) is 5.02 Å². The Balaban J connectivity index is 2.15. The number of aromatic hydroxyl groups is 1. The number of halogens is 1. The number of hydrogen-bond acceptors (Lipinski definition) is 1. The van der Waals surface area contributed by atoms with Crippen LogP contribution < -0.4 is 0 Å². The zero-order valence-corrected chi connectivity index (χ0v) is 10.2. The van der Waals surface area contributed by atoms with E-state index in [0.717, 1.165) is 29.3 Å². The second-order valence-corrected chi connectivity index (χ2v) is 5.02. The Hall–Kier alpha value is -1.41. The van der Waals surface area contributed by atoms with Crippen molar-refractivity contribution in [1.29, 1.82) is 0 Å². The van der Waals surface area contributed by atoms with Gasteiger partial charge >= 0.3 is 0 Å². The quantitative estimate of drug-likeness (QED) is 0.766. The van der Waals surface area contributed by atoms with E-state index in [4.69, 9.17) is 11.6 Å². The highest BCUT2D eigenvalue weighted by Crippen LogP contribution is 2.34. The lowest BCUT2D eigenvalue weighted by Crippen LogP contribution is -1.75. The van der Waals surface area contributed by atoms with Gasteiger partial charge in [0.15, 0.2) is 5.88 Å². The molecule has 3 heteroatoms. The number of H-pyrrole nitrogens is 1. The molecule has 0 amide bonds. The molecule has 3 rings (SSSR count). The Labute approximate surface area is 105 Å². The molecule has 1 fully saturated rings. The highest BCUT2D eigenvalue weighted by atomic mass is 35.5. The third-order valence-corrected chi connectivity index (χ3v) is 3.61. The van der Waals surface area contributed by atoms with Gasteiger partial charge in [0.05, 0.1) is 5.52 Å². The lowest BCUT2D eigenvalue weighted by atomic mass is 10.1. The van der Waals surface area contributed by atoms with Crippen molar-refractivity contribution in [3.05, 3.63) is 34.4 Å². The van der Waals surface area contributed by atoms with Gasteiger partial charge in [0, 0.05) is 16.0 Å². The van der Waals surface area contributed by atoms with Gasteiger partial charge in [-0.25, -0.2) is 0 Å². The molecule has 1 heterocycles. The minimum atomic E-state index is 0.238. The second-order valence-electron chi connectivity index (χ2n) is 4.59. The van der Waals surface area contributed by atoms with Crippen LogP contribution in [0, 0.1) is 0 Å². The first kappa shape index (κ1) is 10.7. The van der Waals surface area contributed by atoms with Gasteiger partial charge in [-0.3, -0.25) is 0 Å². The van der Waals surface area contributed by atoms with Gasteiger partial charge in [-0.1, -0.05) is 23.2 Å². The zero-order valence-electron chi connectivity index (χ0n) is 9.46. The zero-order chi connectivity index (χ0) is 11.8. The first-order valence-corrected chi connectivity index (χ1v) is 6.31. The number of benzene rings is 1. The van der Waals surface area contributed by atoms with Crippen LogP contribution in [0.1, 0.15) is 31.2 Å². The van der Waals surface area contributed by atoms with Crippen LogP contribution in [0.3, 0.4) is 0 Å². The number of aromatic amines is 1. The van der Waals surface area contributed by atoms with E-state index in [1.54, 1.807) is 0 Å². The van der Waals surface area contributed by atoms with Gasteiger partial charge in [0.2, 0.25) is 0 Å². The molecule has 1 aliphatic rings. The Kier molecular flexibility index (Phi) is 2.60. The molecule has 0 unspecified atom stereocenters. The summed E-state index contributed by atoms with van der Waals surface area (Å²) < 4.78 is 0. The fourth-order valence-electron chi connectivity index (χ4n) is 2.50. The predicted octanol–water partition coefficient (Wildman–Crippen LogP) is 4.48. The molecule has 1 saturated carbocycles. The third-order valence-electron chi connectivity index (χ3n) is 3.37. The van der Waals surface area contributed by atoms with Crippen LogP contribution in [0.25, 0.3) is 17.0 Å². The average molecular weight is 248 g/mol. The summed E-state index contributed by atoms with van der Waals surface area (Å²) >= 11 is 5.93. The minimum absolute atomic E-state index is 0.238. The number of aromatic nitrogens is 1. The van der Waals surface area contributed by atoms with Crippen molar-refractivity contribution < 1.29 is 5.11 Å². The molecule has 0 spiro atoms. The molecule has 2 nitrogen and oxygen atoms in total. The lowest BCUT2D eigenvalue weighted by Gasteiger charge is -1.97. The fourth-order valence-corrected chi connectivity index (χ4v) is 2.67. The monoisotopic (exact) mass is 247 g/mol. The summed E-state index contributed by atoms with van der Waals surface area (Å²) in [6.07, 6.45) is 6.95. The summed E-state index contributed by atoms with van der Waals surface area (Å²) in [4.78, 5) is 2.97. The molecule has 0 aliphatic heterocycles. The SMILES string of the molecule is Oc1[nH]c2cc(Cl)ccc2c1C=C1CCCC1. The molecule has 1 aromatic heterocycles. The molecule has 1 aromatic carbocycles. The first-order chi connectivity index (χ1) is 8.24. The van der Waals surface area contributed by atoms with E-state index in [-0.39, 0.29) is 5.88 Å². The van der Waals surface area contributed by atoms with Crippen molar-refractivity contribution in [2.75, 3.05) is 0 Å². The van der Waals surface area contributed by atoms with Crippen LogP contribution in [-0.2, 0) is 0 Å². The van der Waals surface area contributed by atoms with E-state index in [9.17, 15) is 5.11 Å². The highest BCUT2D eigenvalue weighted by molar-refractivity contribution is 6.31. The average Bonchev–Trinajstić information content (AvgIpc) is 2.88. The molecular formula is C14H14ClNO. The predicted molar refractivity (Wildman–Crippen MR) is 71.4 cm³/mol. The molecule has 1 aliphatic carbocycles. The number of rotatable bonds is 1. The molecule has 2 N–H and O–H groups in total. The molecule has 0 atom stereocenters. The minimum Gasteiger partial charge on any atom is -0.494 e. The fraction of sp³-hybridized carbons (Fsp3) is 0.286. The van der Waals surface area contributed by atoms with Gasteiger partial charge < -0.3 is 10.1 Å². The Bertz CT molecular complexity index is 590. The van der Waals surface area contributed by atoms with Crippen molar-refractivity contribution in [2.45, 2.75) is 25.7 Å². The van der Waals surface area contributed by atoms with Crippen molar-refractivity contribution in [3.8, 4) is 5.88 Å². The van der Waals surface area contributed by atoms with Crippen molar-refractivity contribution in [2.24, 2.45) is 0 Å². The van der Waals surface area contributed by atoms with E-state index < -0.39 is 0 Å². The van der Waals surface area contributed by atoms with Crippen molar-refractivity contribution in [1.82, 2.24) is 4.98 Å². The Morgan fingerprint density at radius 1 is 1.24 bits per heavy atom. The summed E-state index contributed by atoms with van der Waals surface area (Å²) in [5.74, 6) is 0.238. The molecular weight excluding hydrogens is 234 g/mol. The maximum atomic E-state index is 9.94. The maximum absolute atomic E-state index is 9.94. The van der Waals surface area contributed by atoms with E-state index in [0.29, 0.717) is 5.02 Å². The van der Waals surface area contributed by atoms with Gasteiger partial charge in [0.1, 0.15) is 0 Å². The van der Waals surface area contributed by atoms with Crippen molar-refractivity contribution in [3.63, 3.8) is 0 Å². The van der Waals surface area contributed by atoms with Crippen molar-refractivity contribution >= 4 is 28.6 Å². The van der Waals surface area contributed by atoms with E-state index >= 15 is 0 Å². The van der Waals surface area contributed by atoms with Crippen LogP contribution >= 0.6 is 11.6 Å². The number of nitrogens with one attached hydrogen (secondary N) is 1.